The van der Waals surface area contributed by atoms with E-state index in [1.54, 1.807) is 6.07 Å². The summed E-state index contributed by atoms with van der Waals surface area (Å²) in [6, 6.07) is 4.80. The Kier molecular flexibility index (Phi) is 6.14. The van der Waals surface area contributed by atoms with E-state index in [0.717, 1.165) is 5.56 Å². The molecule has 0 bridgehead atoms. The summed E-state index contributed by atoms with van der Waals surface area (Å²) in [4.78, 5) is 22.6. The zero-order chi connectivity index (χ0) is 17.5. The van der Waals surface area contributed by atoms with Gasteiger partial charge in [0.25, 0.3) is 5.69 Å². The SMILES string of the molecule is COc1cc(CCNC(=O)Cc2ccsc2)c([N+](=O)[O-])cc1OC. The Morgan fingerprint density at radius 3 is 2.58 bits per heavy atom. The van der Waals surface area contributed by atoms with E-state index in [2.05, 4.69) is 5.32 Å². The maximum Gasteiger partial charge on any atom is 0.276 e. The van der Waals surface area contributed by atoms with E-state index in [4.69, 9.17) is 9.47 Å². The molecule has 0 spiro atoms. The molecule has 0 aliphatic heterocycles. The minimum absolute atomic E-state index is 0.0558. The molecular weight excluding hydrogens is 332 g/mol. The van der Waals surface area contributed by atoms with E-state index < -0.39 is 4.92 Å². The molecule has 7 nitrogen and oxygen atoms in total. The molecule has 1 N–H and O–H groups in total. The van der Waals surface area contributed by atoms with Gasteiger partial charge < -0.3 is 14.8 Å². The Hall–Kier alpha value is -2.61. The van der Waals surface area contributed by atoms with Gasteiger partial charge in [-0.05, 0) is 34.9 Å². The monoisotopic (exact) mass is 350 g/mol. The molecule has 0 saturated carbocycles. The van der Waals surface area contributed by atoms with Gasteiger partial charge in [-0.15, -0.1) is 0 Å². The third-order valence-electron chi connectivity index (χ3n) is 3.44. The number of hydrogen-bond donors (Lipinski definition) is 1. The van der Waals surface area contributed by atoms with Crippen molar-refractivity contribution in [1.29, 1.82) is 0 Å². The van der Waals surface area contributed by atoms with Crippen LogP contribution in [0.2, 0.25) is 0 Å². The van der Waals surface area contributed by atoms with E-state index in [0.29, 0.717) is 36.4 Å². The maximum atomic E-state index is 11.9. The fourth-order valence-corrected chi connectivity index (χ4v) is 2.93. The van der Waals surface area contributed by atoms with Gasteiger partial charge in [0, 0.05) is 12.1 Å². The second-order valence-electron chi connectivity index (χ2n) is 5.00. The number of carbonyl (C=O) groups is 1. The predicted molar refractivity (Wildman–Crippen MR) is 90.9 cm³/mol. The number of nitrogens with zero attached hydrogens (tertiary/aromatic N) is 1. The summed E-state index contributed by atoms with van der Waals surface area (Å²) in [6.45, 7) is 0.305. The molecule has 0 fully saturated rings. The highest BCUT2D eigenvalue weighted by Gasteiger charge is 2.19. The number of nitro benzene ring substituents is 1. The van der Waals surface area contributed by atoms with Crippen LogP contribution in [0.3, 0.4) is 0 Å². The Balaban J connectivity index is 2.02. The van der Waals surface area contributed by atoms with E-state index in [1.165, 1.54) is 31.6 Å². The second kappa shape index (κ2) is 8.30. The van der Waals surface area contributed by atoms with Crippen molar-refractivity contribution in [3.8, 4) is 11.5 Å². The van der Waals surface area contributed by atoms with E-state index in [-0.39, 0.29) is 11.6 Å². The molecule has 0 saturated heterocycles. The number of methoxy groups -OCH3 is 2. The van der Waals surface area contributed by atoms with E-state index in [9.17, 15) is 14.9 Å². The summed E-state index contributed by atoms with van der Waals surface area (Å²) < 4.78 is 10.3. The first-order valence-corrected chi connectivity index (χ1v) is 8.16. The van der Waals surface area contributed by atoms with Crippen molar-refractivity contribution in [1.82, 2.24) is 5.32 Å². The molecule has 1 aromatic carbocycles. The average molecular weight is 350 g/mol. The Bertz CT molecular complexity index is 716. The molecular formula is C16H18N2O5S. The van der Waals surface area contributed by atoms with Crippen LogP contribution >= 0.6 is 11.3 Å². The van der Waals surface area contributed by atoms with Crippen LogP contribution in [0.4, 0.5) is 5.69 Å². The molecule has 24 heavy (non-hydrogen) atoms. The first kappa shape index (κ1) is 17.7. The van der Waals surface area contributed by atoms with Gasteiger partial charge in [0.15, 0.2) is 11.5 Å². The summed E-state index contributed by atoms with van der Waals surface area (Å²) in [5.74, 6) is 0.605. The van der Waals surface area contributed by atoms with Crippen molar-refractivity contribution in [3.63, 3.8) is 0 Å². The standard InChI is InChI=1S/C16H18N2O5S/c1-22-14-8-12(13(18(20)21)9-15(14)23-2)3-5-17-16(19)7-11-4-6-24-10-11/h4,6,8-10H,3,5,7H2,1-2H3,(H,17,19). The lowest BCUT2D eigenvalue weighted by atomic mass is 10.1. The summed E-state index contributed by atoms with van der Waals surface area (Å²) >= 11 is 1.53. The molecule has 1 amide bonds. The summed E-state index contributed by atoms with van der Waals surface area (Å²) in [5, 5.41) is 17.8. The lowest BCUT2D eigenvalue weighted by Gasteiger charge is -2.11. The van der Waals surface area contributed by atoms with Crippen molar-refractivity contribution >= 4 is 22.9 Å². The first-order chi connectivity index (χ1) is 11.5. The van der Waals surface area contributed by atoms with Gasteiger partial charge in [0.05, 0.1) is 31.6 Å². The first-order valence-electron chi connectivity index (χ1n) is 7.22. The second-order valence-corrected chi connectivity index (χ2v) is 5.78. The van der Waals surface area contributed by atoms with Crippen molar-refractivity contribution in [2.45, 2.75) is 12.8 Å². The molecule has 128 valence electrons. The summed E-state index contributed by atoms with van der Waals surface area (Å²) in [5.41, 5.74) is 1.38. The van der Waals surface area contributed by atoms with Crippen LogP contribution in [-0.4, -0.2) is 31.6 Å². The van der Waals surface area contributed by atoms with Crippen LogP contribution in [0.25, 0.3) is 0 Å². The van der Waals surface area contributed by atoms with Gasteiger partial charge in [-0.3, -0.25) is 14.9 Å². The number of carbonyl (C=O) groups excluding carboxylic acids is 1. The molecule has 0 aliphatic carbocycles. The number of nitro groups is 1. The van der Waals surface area contributed by atoms with Gasteiger partial charge in [0.1, 0.15) is 0 Å². The highest BCUT2D eigenvalue weighted by molar-refractivity contribution is 7.07. The van der Waals surface area contributed by atoms with Crippen molar-refractivity contribution in [3.05, 3.63) is 50.2 Å². The van der Waals surface area contributed by atoms with E-state index in [1.807, 2.05) is 16.8 Å². The van der Waals surface area contributed by atoms with Gasteiger partial charge in [-0.2, -0.15) is 11.3 Å². The number of hydrogen-bond acceptors (Lipinski definition) is 6. The minimum atomic E-state index is -0.468. The van der Waals surface area contributed by atoms with Crippen LogP contribution in [-0.2, 0) is 17.6 Å². The molecule has 2 aromatic rings. The molecule has 1 aromatic heterocycles. The molecule has 8 heteroatoms. The largest absolute Gasteiger partial charge is 0.493 e. The molecule has 1 heterocycles. The number of thiophene rings is 1. The fourth-order valence-electron chi connectivity index (χ4n) is 2.26. The molecule has 2 rings (SSSR count). The van der Waals surface area contributed by atoms with Gasteiger partial charge >= 0.3 is 0 Å². The normalized spacial score (nSPS) is 10.2. The number of rotatable bonds is 8. The predicted octanol–water partition coefficient (Wildman–Crippen LogP) is 2.57. The Morgan fingerprint density at radius 2 is 2.00 bits per heavy atom. The van der Waals surface area contributed by atoms with E-state index >= 15 is 0 Å². The molecule has 0 aliphatic rings. The van der Waals surface area contributed by atoms with Gasteiger partial charge in [-0.1, -0.05) is 0 Å². The van der Waals surface area contributed by atoms with Crippen LogP contribution in [0.15, 0.2) is 29.0 Å². The van der Waals surface area contributed by atoms with Crippen LogP contribution in [0.1, 0.15) is 11.1 Å². The fraction of sp³-hybridized carbons (Fsp3) is 0.312. The minimum Gasteiger partial charge on any atom is -0.493 e. The lowest BCUT2D eigenvalue weighted by Crippen LogP contribution is -2.27. The zero-order valence-electron chi connectivity index (χ0n) is 13.4. The third-order valence-corrected chi connectivity index (χ3v) is 4.17. The van der Waals surface area contributed by atoms with Crippen LogP contribution in [0, 0.1) is 10.1 Å². The topological polar surface area (TPSA) is 90.7 Å². The highest BCUT2D eigenvalue weighted by Crippen LogP contribution is 2.34. The number of benzene rings is 1. The molecule has 0 unspecified atom stereocenters. The quantitative estimate of drug-likeness (QED) is 0.584. The number of nitrogens with one attached hydrogen (secondary N) is 1. The Labute approximate surface area is 143 Å². The van der Waals surface area contributed by atoms with Gasteiger partial charge in [-0.25, -0.2) is 0 Å². The molecule has 0 atom stereocenters. The lowest BCUT2D eigenvalue weighted by molar-refractivity contribution is -0.385. The van der Waals surface area contributed by atoms with Crippen molar-refractivity contribution < 1.29 is 19.2 Å². The average Bonchev–Trinajstić information content (AvgIpc) is 3.06. The summed E-state index contributed by atoms with van der Waals surface area (Å²) in [7, 11) is 2.89. The zero-order valence-corrected chi connectivity index (χ0v) is 14.2. The van der Waals surface area contributed by atoms with Crippen molar-refractivity contribution in [2.75, 3.05) is 20.8 Å². The van der Waals surface area contributed by atoms with Crippen LogP contribution < -0.4 is 14.8 Å². The number of ether oxygens (including phenoxy) is 2. The summed E-state index contributed by atoms with van der Waals surface area (Å²) in [6.07, 6.45) is 0.629. The molecule has 0 radical (unpaired) electrons. The highest BCUT2D eigenvalue weighted by atomic mass is 32.1. The van der Waals surface area contributed by atoms with Crippen LogP contribution in [0.5, 0.6) is 11.5 Å². The van der Waals surface area contributed by atoms with Gasteiger partial charge in [0.2, 0.25) is 5.91 Å². The Morgan fingerprint density at radius 1 is 1.29 bits per heavy atom. The number of amides is 1. The smallest absolute Gasteiger partial charge is 0.276 e. The van der Waals surface area contributed by atoms with Crippen molar-refractivity contribution in [2.24, 2.45) is 0 Å². The maximum absolute atomic E-state index is 11.9. The third kappa shape index (κ3) is 4.45.